The van der Waals surface area contributed by atoms with E-state index < -0.39 is 17.9 Å². The second-order valence-corrected chi connectivity index (χ2v) is 4.94. The van der Waals surface area contributed by atoms with E-state index in [1.807, 2.05) is 19.1 Å². The van der Waals surface area contributed by atoms with Crippen molar-refractivity contribution < 1.29 is 18.7 Å². The summed E-state index contributed by atoms with van der Waals surface area (Å²) in [6.07, 6.45) is 1.86. The molecule has 1 unspecified atom stereocenters. The Balaban J connectivity index is 2.04. The maximum atomic E-state index is 12.3. The predicted octanol–water partition coefficient (Wildman–Crippen LogP) is 0.969. The van der Waals surface area contributed by atoms with Crippen molar-refractivity contribution in [2.45, 2.75) is 45.3 Å². The van der Waals surface area contributed by atoms with Crippen LogP contribution in [0, 0.1) is 6.92 Å². The molecule has 0 bridgehead atoms. The van der Waals surface area contributed by atoms with Crippen molar-refractivity contribution in [1.82, 2.24) is 4.90 Å². The molecule has 1 aliphatic carbocycles. The van der Waals surface area contributed by atoms with Crippen LogP contribution in [0.5, 0.6) is 0 Å². The summed E-state index contributed by atoms with van der Waals surface area (Å²) in [6, 6.07) is 2.56. The van der Waals surface area contributed by atoms with Crippen molar-refractivity contribution in [3.05, 3.63) is 23.7 Å². The molecule has 0 radical (unpaired) electrons. The van der Waals surface area contributed by atoms with E-state index in [4.69, 9.17) is 14.9 Å². The first-order valence-electron chi connectivity index (χ1n) is 6.81. The Morgan fingerprint density at radius 3 is 2.70 bits per heavy atom. The molecule has 1 aromatic heterocycles. The zero-order chi connectivity index (χ0) is 14.7. The number of carbonyl (C=O) groups excluding carboxylic acids is 2. The van der Waals surface area contributed by atoms with Crippen LogP contribution in [0.15, 0.2) is 16.5 Å². The lowest BCUT2D eigenvalue weighted by Gasteiger charge is -2.23. The van der Waals surface area contributed by atoms with Gasteiger partial charge in [0.25, 0.3) is 5.91 Å². The van der Waals surface area contributed by atoms with E-state index in [9.17, 15) is 9.59 Å². The van der Waals surface area contributed by atoms with Crippen molar-refractivity contribution in [1.29, 1.82) is 0 Å². The van der Waals surface area contributed by atoms with Gasteiger partial charge in [-0.15, -0.1) is 0 Å². The second-order valence-electron chi connectivity index (χ2n) is 4.94. The number of carbonyl (C=O) groups is 2. The molecule has 2 rings (SSSR count). The molecule has 2 N–H and O–H groups in total. The summed E-state index contributed by atoms with van der Waals surface area (Å²) in [6.45, 7) is 4.07. The van der Waals surface area contributed by atoms with Gasteiger partial charge in [-0.05, 0) is 38.8 Å². The Bertz CT molecular complexity index is 493. The zero-order valence-electron chi connectivity index (χ0n) is 11.8. The van der Waals surface area contributed by atoms with E-state index in [1.54, 1.807) is 11.8 Å². The minimum atomic E-state index is -1.26. The molecule has 1 aliphatic rings. The summed E-state index contributed by atoms with van der Waals surface area (Å²) < 4.78 is 10.3. The molecule has 1 atom stereocenters. The summed E-state index contributed by atoms with van der Waals surface area (Å²) in [5, 5.41) is 0. The maximum absolute atomic E-state index is 12.3. The van der Waals surface area contributed by atoms with E-state index >= 15 is 0 Å². The minimum absolute atomic E-state index is 0.147. The molecule has 1 fully saturated rings. The van der Waals surface area contributed by atoms with Crippen molar-refractivity contribution >= 4 is 11.9 Å². The highest BCUT2D eigenvalue weighted by atomic mass is 16.5. The molecule has 1 heterocycles. The highest BCUT2D eigenvalue weighted by Gasteiger charge is 2.38. The summed E-state index contributed by atoms with van der Waals surface area (Å²) in [5.41, 5.74) is 5.68. The van der Waals surface area contributed by atoms with Crippen LogP contribution < -0.4 is 5.73 Å². The molecule has 1 aromatic rings. The Labute approximate surface area is 117 Å². The lowest BCUT2D eigenvalue weighted by molar-refractivity contribution is -0.151. The summed E-state index contributed by atoms with van der Waals surface area (Å²) in [5.74, 6) is 0.399. The van der Waals surface area contributed by atoms with Crippen LogP contribution in [0.1, 0.15) is 31.3 Å². The molecule has 1 amide bonds. The van der Waals surface area contributed by atoms with Crippen LogP contribution in [0.4, 0.5) is 0 Å². The summed E-state index contributed by atoms with van der Waals surface area (Å²) in [4.78, 5) is 25.5. The van der Waals surface area contributed by atoms with Gasteiger partial charge < -0.3 is 19.8 Å². The van der Waals surface area contributed by atoms with Gasteiger partial charge >= 0.3 is 5.97 Å². The fourth-order valence-corrected chi connectivity index (χ4v) is 2.02. The third-order valence-corrected chi connectivity index (χ3v) is 3.20. The van der Waals surface area contributed by atoms with Gasteiger partial charge in [-0.25, -0.2) is 4.79 Å². The van der Waals surface area contributed by atoms with Gasteiger partial charge in [-0.3, -0.25) is 4.79 Å². The monoisotopic (exact) mass is 280 g/mol. The number of amides is 1. The first-order valence-corrected chi connectivity index (χ1v) is 6.81. The first-order chi connectivity index (χ1) is 9.52. The van der Waals surface area contributed by atoms with Crippen molar-refractivity contribution in [3.8, 4) is 0 Å². The molecule has 20 heavy (non-hydrogen) atoms. The lowest BCUT2D eigenvalue weighted by Crippen LogP contribution is -2.49. The third kappa shape index (κ3) is 3.39. The Hall–Kier alpha value is -1.82. The van der Waals surface area contributed by atoms with Crippen LogP contribution >= 0.6 is 0 Å². The van der Waals surface area contributed by atoms with Gasteiger partial charge in [0.1, 0.15) is 11.5 Å². The highest BCUT2D eigenvalue weighted by molar-refractivity contribution is 6.01. The third-order valence-electron chi connectivity index (χ3n) is 3.20. The zero-order valence-corrected chi connectivity index (χ0v) is 11.8. The molecule has 0 aromatic carbocycles. The van der Waals surface area contributed by atoms with Crippen LogP contribution in [0.2, 0.25) is 0 Å². The van der Waals surface area contributed by atoms with Gasteiger partial charge in [-0.1, -0.05) is 0 Å². The molecule has 110 valence electrons. The number of rotatable bonds is 6. The Kier molecular flexibility index (Phi) is 4.44. The van der Waals surface area contributed by atoms with Crippen molar-refractivity contribution in [2.75, 3.05) is 6.61 Å². The average molecular weight is 280 g/mol. The summed E-state index contributed by atoms with van der Waals surface area (Å²) >= 11 is 0. The number of nitrogens with zero attached hydrogens (tertiary/aromatic N) is 1. The minimum Gasteiger partial charge on any atom is -0.464 e. The molecular weight excluding hydrogens is 260 g/mol. The predicted molar refractivity (Wildman–Crippen MR) is 71.6 cm³/mol. The van der Waals surface area contributed by atoms with E-state index in [-0.39, 0.29) is 12.6 Å². The normalized spacial score (nSPS) is 15.8. The smallest absolute Gasteiger partial charge is 0.332 e. The number of ether oxygens (including phenoxy) is 1. The number of hydrogen-bond donors (Lipinski definition) is 1. The molecule has 6 heteroatoms. The number of esters is 1. The maximum Gasteiger partial charge on any atom is 0.332 e. The standard InChI is InChI=1S/C14H20N2O4/c1-3-19-14(18)12(15)13(17)16(10-5-6-10)8-11-7-4-9(2)20-11/h4,7,10,12H,3,5-6,8,15H2,1-2H3. The molecular formula is C14H20N2O4. The van der Waals surface area contributed by atoms with E-state index in [0.29, 0.717) is 12.3 Å². The fraction of sp³-hybridized carbons (Fsp3) is 0.571. The van der Waals surface area contributed by atoms with E-state index in [0.717, 1.165) is 18.6 Å². The highest BCUT2D eigenvalue weighted by Crippen LogP contribution is 2.29. The van der Waals surface area contributed by atoms with Gasteiger partial charge in [-0.2, -0.15) is 0 Å². The Morgan fingerprint density at radius 1 is 1.50 bits per heavy atom. The molecule has 0 aliphatic heterocycles. The van der Waals surface area contributed by atoms with E-state index in [1.165, 1.54) is 0 Å². The molecule has 6 nitrogen and oxygen atoms in total. The topological polar surface area (TPSA) is 85.8 Å². The summed E-state index contributed by atoms with van der Waals surface area (Å²) in [7, 11) is 0. The quantitative estimate of drug-likeness (QED) is 0.620. The van der Waals surface area contributed by atoms with Gasteiger partial charge in [0, 0.05) is 6.04 Å². The first kappa shape index (κ1) is 14.6. The van der Waals surface area contributed by atoms with Crippen LogP contribution in [-0.4, -0.2) is 35.5 Å². The number of hydrogen-bond acceptors (Lipinski definition) is 5. The van der Waals surface area contributed by atoms with E-state index in [2.05, 4.69) is 0 Å². The van der Waals surface area contributed by atoms with Gasteiger partial charge in [0.2, 0.25) is 0 Å². The van der Waals surface area contributed by atoms with Gasteiger partial charge in [0.15, 0.2) is 6.04 Å². The SMILES string of the molecule is CCOC(=O)C(N)C(=O)N(Cc1ccc(C)o1)C1CC1. The van der Waals surface area contributed by atoms with Crippen molar-refractivity contribution in [2.24, 2.45) is 5.73 Å². The second kappa shape index (κ2) is 6.09. The van der Waals surface area contributed by atoms with Crippen LogP contribution in [0.25, 0.3) is 0 Å². The largest absolute Gasteiger partial charge is 0.464 e. The van der Waals surface area contributed by atoms with Crippen molar-refractivity contribution in [3.63, 3.8) is 0 Å². The lowest BCUT2D eigenvalue weighted by atomic mass is 10.2. The van der Waals surface area contributed by atoms with Gasteiger partial charge in [0.05, 0.1) is 13.2 Å². The van der Waals surface area contributed by atoms with Crippen LogP contribution in [0.3, 0.4) is 0 Å². The number of nitrogens with two attached hydrogens (primary N) is 1. The molecule has 1 saturated carbocycles. The number of aryl methyl sites for hydroxylation is 1. The average Bonchev–Trinajstić information content (AvgIpc) is 3.18. The van der Waals surface area contributed by atoms with Crippen LogP contribution in [-0.2, 0) is 20.9 Å². The Morgan fingerprint density at radius 2 is 2.20 bits per heavy atom. The molecule has 0 saturated heterocycles. The fourth-order valence-electron chi connectivity index (χ4n) is 2.02. The molecule has 0 spiro atoms. The number of furan rings is 1.